The predicted octanol–water partition coefficient (Wildman–Crippen LogP) is 3.02. The van der Waals surface area contributed by atoms with Gasteiger partial charge in [0, 0.05) is 44.7 Å². The van der Waals surface area contributed by atoms with Crippen molar-refractivity contribution in [1.82, 2.24) is 14.7 Å². The molecule has 0 N–H and O–H groups in total. The molecule has 158 valence electrons. The lowest BCUT2D eigenvalue weighted by molar-refractivity contribution is -0.143. The van der Waals surface area contributed by atoms with Gasteiger partial charge < -0.3 is 14.7 Å². The molecule has 0 aromatic heterocycles. The minimum atomic E-state index is -0.308. The number of halogens is 1. The van der Waals surface area contributed by atoms with Gasteiger partial charge in [0.15, 0.2) is 0 Å². The smallest absolute Gasteiger partial charge is 0.246 e. The second-order valence-electron chi connectivity index (χ2n) is 7.94. The number of likely N-dealkylation sites (tertiary alicyclic amines) is 2. The Labute approximate surface area is 173 Å². The summed E-state index contributed by atoms with van der Waals surface area (Å²) in [6.07, 6.45) is 5.44. The number of nitrogens with zero attached hydrogens (tertiary/aromatic N) is 3. The van der Waals surface area contributed by atoms with Crippen LogP contribution in [0.3, 0.4) is 0 Å². The van der Waals surface area contributed by atoms with Crippen molar-refractivity contribution in [3.8, 4) is 0 Å². The summed E-state index contributed by atoms with van der Waals surface area (Å²) >= 11 is 0. The van der Waals surface area contributed by atoms with E-state index in [1.54, 1.807) is 18.2 Å². The Hall–Kier alpha value is -2.21. The molecule has 2 aliphatic heterocycles. The fourth-order valence-electron chi connectivity index (χ4n) is 4.51. The van der Waals surface area contributed by atoms with Crippen LogP contribution in [0.1, 0.15) is 38.7 Å². The van der Waals surface area contributed by atoms with Gasteiger partial charge in [0.05, 0.1) is 0 Å². The van der Waals surface area contributed by atoms with Crippen molar-refractivity contribution in [2.75, 3.05) is 39.3 Å². The van der Waals surface area contributed by atoms with E-state index in [2.05, 4.69) is 23.6 Å². The summed E-state index contributed by atoms with van der Waals surface area (Å²) < 4.78 is 13.3. The van der Waals surface area contributed by atoms with E-state index in [1.165, 1.54) is 18.2 Å². The molecule has 0 radical (unpaired) electrons. The molecule has 0 saturated carbocycles. The highest BCUT2D eigenvalue weighted by molar-refractivity contribution is 5.92. The van der Waals surface area contributed by atoms with E-state index < -0.39 is 0 Å². The second kappa shape index (κ2) is 10.0. The molecule has 29 heavy (non-hydrogen) atoms. The third-order valence-corrected chi connectivity index (χ3v) is 6.27. The largest absolute Gasteiger partial charge is 0.339 e. The minimum Gasteiger partial charge on any atom is -0.339 e. The maximum Gasteiger partial charge on any atom is 0.246 e. The van der Waals surface area contributed by atoms with Crippen molar-refractivity contribution in [2.45, 2.75) is 39.2 Å². The molecule has 2 fully saturated rings. The van der Waals surface area contributed by atoms with Crippen LogP contribution in [-0.4, -0.2) is 71.8 Å². The first-order chi connectivity index (χ1) is 14.0. The van der Waals surface area contributed by atoms with E-state index in [1.807, 2.05) is 4.90 Å². The van der Waals surface area contributed by atoms with Gasteiger partial charge in [-0.25, -0.2) is 4.39 Å². The Bertz CT molecular complexity index is 747. The molecule has 1 aromatic carbocycles. The van der Waals surface area contributed by atoms with E-state index >= 15 is 0 Å². The first kappa shape index (κ1) is 21.5. The lowest BCUT2D eigenvalue weighted by Crippen LogP contribution is -2.57. The molecule has 0 bridgehead atoms. The van der Waals surface area contributed by atoms with Gasteiger partial charge in [0.1, 0.15) is 5.82 Å². The highest BCUT2D eigenvalue weighted by Crippen LogP contribution is 2.31. The van der Waals surface area contributed by atoms with Gasteiger partial charge in [-0.15, -0.1) is 0 Å². The molecular weight excluding hydrogens is 369 g/mol. The molecule has 0 aliphatic carbocycles. The molecule has 5 nitrogen and oxygen atoms in total. The molecule has 1 aromatic rings. The minimum absolute atomic E-state index is 0.0423. The topological polar surface area (TPSA) is 43.9 Å². The molecule has 2 aliphatic rings. The van der Waals surface area contributed by atoms with Crippen LogP contribution in [0.4, 0.5) is 4.39 Å². The van der Waals surface area contributed by atoms with Gasteiger partial charge in [-0.3, -0.25) is 9.59 Å². The lowest BCUT2D eigenvalue weighted by atomic mass is 9.83. The fourth-order valence-corrected chi connectivity index (χ4v) is 4.51. The van der Waals surface area contributed by atoms with Crippen LogP contribution >= 0.6 is 0 Å². The summed E-state index contributed by atoms with van der Waals surface area (Å²) in [6, 6.07) is 6.45. The average Bonchev–Trinajstić information content (AvgIpc) is 2.73. The Morgan fingerprint density at radius 1 is 1.28 bits per heavy atom. The summed E-state index contributed by atoms with van der Waals surface area (Å²) in [7, 11) is 0. The molecule has 6 heteroatoms. The summed E-state index contributed by atoms with van der Waals surface area (Å²) in [5, 5.41) is 0. The Morgan fingerprint density at radius 2 is 2.07 bits per heavy atom. The van der Waals surface area contributed by atoms with Crippen molar-refractivity contribution in [3.05, 3.63) is 41.7 Å². The van der Waals surface area contributed by atoms with Crippen LogP contribution in [0.15, 0.2) is 30.3 Å². The average molecular weight is 402 g/mol. The molecule has 0 unspecified atom stereocenters. The quantitative estimate of drug-likeness (QED) is 0.660. The maximum absolute atomic E-state index is 13.3. The third kappa shape index (κ3) is 5.44. The molecule has 2 atom stereocenters. The Balaban J connectivity index is 1.58. The molecule has 0 spiro atoms. The number of carbonyl (C=O) groups excluding carboxylic acids is 2. The predicted molar refractivity (Wildman–Crippen MR) is 113 cm³/mol. The number of hydrogen-bond acceptors (Lipinski definition) is 3. The summed E-state index contributed by atoms with van der Waals surface area (Å²) in [6.45, 7) is 9.29. The zero-order valence-electron chi connectivity index (χ0n) is 17.5. The van der Waals surface area contributed by atoms with Gasteiger partial charge >= 0.3 is 0 Å². The number of likely N-dealkylation sites (N-methyl/N-ethyl adjacent to an activating group) is 1. The molecule has 3 rings (SSSR count). The Kier molecular flexibility index (Phi) is 7.42. The summed E-state index contributed by atoms with van der Waals surface area (Å²) in [4.78, 5) is 31.4. The zero-order valence-corrected chi connectivity index (χ0v) is 17.5. The van der Waals surface area contributed by atoms with E-state index in [0.717, 1.165) is 39.0 Å². The number of amides is 2. The monoisotopic (exact) mass is 401 g/mol. The van der Waals surface area contributed by atoms with Crippen LogP contribution in [0, 0.1) is 11.7 Å². The second-order valence-corrected chi connectivity index (χ2v) is 7.94. The van der Waals surface area contributed by atoms with Gasteiger partial charge in [0.2, 0.25) is 11.8 Å². The number of benzene rings is 1. The van der Waals surface area contributed by atoms with Gasteiger partial charge in [0.25, 0.3) is 0 Å². The van der Waals surface area contributed by atoms with Crippen LogP contribution in [0.5, 0.6) is 0 Å². The van der Waals surface area contributed by atoms with E-state index in [9.17, 15) is 14.0 Å². The van der Waals surface area contributed by atoms with E-state index in [4.69, 9.17) is 0 Å². The molecule has 2 heterocycles. The fraction of sp³-hybridized carbons (Fsp3) is 0.565. The zero-order chi connectivity index (χ0) is 20.8. The van der Waals surface area contributed by atoms with Crippen LogP contribution < -0.4 is 0 Å². The van der Waals surface area contributed by atoms with Crippen molar-refractivity contribution in [2.24, 2.45) is 5.92 Å². The maximum atomic E-state index is 13.3. The molecule has 2 amide bonds. The van der Waals surface area contributed by atoms with Crippen molar-refractivity contribution < 1.29 is 14.0 Å². The van der Waals surface area contributed by atoms with E-state index in [0.29, 0.717) is 31.0 Å². The first-order valence-corrected chi connectivity index (χ1v) is 10.8. The highest BCUT2D eigenvalue weighted by Gasteiger charge is 2.39. The summed E-state index contributed by atoms with van der Waals surface area (Å²) in [5.41, 5.74) is 0.680. The lowest BCUT2D eigenvalue weighted by Gasteiger charge is -2.47. The summed E-state index contributed by atoms with van der Waals surface area (Å²) in [5.74, 6) is 0.241. The Morgan fingerprint density at radius 3 is 2.79 bits per heavy atom. The normalized spacial score (nSPS) is 22.4. The van der Waals surface area contributed by atoms with Crippen molar-refractivity contribution in [3.63, 3.8) is 0 Å². The van der Waals surface area contributed by atoms with Crippen molar-refractivity contribution >= 4 is 17.9 Å². The standard InChI is InChI=1S/C23H32FN3O2/c1-3-25(4-2)14-15-27-21-12-13-26(17-19(21)9-11-23(27)29)22(28)10-8-18-6-5-7-20(24)16-18/h5-8,10,16,19,21H,3-4,9,11-15,17H2,1-2H3/t19-,21+/m1/s1. The number of carbonyl (C=O) groups is 2. The van der Waals surface area contributed by atoms with Gasteiger partial charge in [-0.1, -0.05) is 26.0 Å². The number of piperidine rings is 2. The van der Waals surface area contributed by atoms with Crippen LogP contribution in [0.2, 0.25) is 0 Å². The number of rotatable bonds is 7. The number of hydrogen-bond donors (Lipinski definition) is 0. The van der Waals surface area contributed by atoms with Crippen molar-refractivity contribution in [1.29, 1.82) is 0 Å². The molecule has 2 saturated heterocycles. The SMILES string of the molecule is CCN(CC)CCN1C(=O)CC[C@@H]2CN(C(=O)C=Cc3cccc(F)c3)CC[C@@H]21. The third-order valence-electron chi connectivity index (χ3n) is 6.27. The molecular formula is C23H32FN3O2. The van der Waals surface area contributed by atoms with Gasteiger partial charge in [-0.2, -0.15) is 0 Å². The first-order valence-electron chi connectivity index (χ1n) is 10.8. The van der Waals surface area contributed by atoms with Gasteiger partial charge in [-0.05, 0) is 55.6 Å². The van der Waals surface area contributed by atoms with E-state index in [-0.39, 0.29) is 23.7 Å². The van der Waals surface area contributed by atoms with Crippen LogP contribution in [-0.2, 0) is 9.59 Å². The van der Waals surface area contributed by atoms with Crippen LogP contribution in [0.25, 0.3) is 6.08 Å². The number of fused-ring (bicyclic) bond motifs is 1. The highest BCUT2D eigenvalue weighted by atomic mass is 19.1.